The zero-order chi connectivity index (χ0) is 14.0. The van der Waals surface area contributed by atoms with Gasteiger partial charge in [-0.25, -0.2) is 4.98 Å². The summed E-state index contributed by atoms with van der Waals surface area (Å²) in [5.74, 6) is 0.923. The van der Waals surface area contributed by atoms with Crippen LogP contribution in [0.1, 0.15) is 31.5 Å². The molecule has 0 N–H and O–H groups in total. The number of hydrogen-bond donors (Lipinski definition) is 0. The first-order valence-electron chi connectivity index (χ1n) is 6.35. The molecule has 5 heteroatoms. The van der Waals surface area contributed by atoms with Gasteiger partial charge in [0.1, 0.15) is 5.82 Å². The third-order valence-electron chi connectivity index (χ3n) is 3.26. The van der Waals surface area contributed by atoms with Gasteiger partial charge in [0.2, 0.25) is 0 Å². The molecule has 0 saturated heterocycles. The number of aryl methyl sites for hydroxylation is 1. The number of fused-ring (bicyclic) bond motifs is 1. The number of imidazole rings is 1. The third kappa shape index (κ3) is 3.39. The van der Waals surface area contributed by atoms with E-state index in [1.165, 1.54) is 0 Å². The molecule has 19 heavy (non-hydrogen) atoms. The Morgan fingerprint density at radius 3 is 2.74 bits per heavy atom. The molecule has 1 heterocycles. The molecule has 0 radical (unpaired) electrons. The third-order valence-corrected chi connectivity index (χ3v) is 4.73. The van der Waals surface area contributed by atoms with Crippen LogP contribution in [0.3, 0.4) is 0 Å². The van der Waals surface area contributed by atoms with Crippen LogP contribution in [0, 0.1) is 0 Å². The summed E-state index contributed by atoms with van der Waals surface area (Å²) in [6, 6.07) is 5.79. The van der Waals surface area contributed by atoms with Crippen molar-refractivity contribution in [2.24, 2.45) is 0 Å². The summed E-state index contributed by atoms with van der Waals surface area (Å²) in [6.07, 6.45) is 3.23. The molecule has 0 aliphatic carbocycles. The first-order valence-corrected chi connectivity index (χ1v) is 8.45. The molecule has 1 aromatic carbocycles. The standard InChI is InChI=1S/C14H18Cl2N2S/c1-9(19-3)6-7-18-13-8-11(16)4-5-12(13)17-14(18)10(2)15/h4-5,8-10H,6-7H2,1-3H3. The van der Waals surface area contributed by atoms with Crippen molar-refractivity contribution in [3.05, 3.63) is 29.0 Å². The lowest BCUT2D eigenvalue weighted by Gasteiger charge is -2.13. The highest BCUT2D eigenvalue weighted by molar-refractivity contribution is 7.99. The molecule has 0 spiro atoms. The fourth-order valence-electron chi connectivity index (χ4n) is 2.08. The Hall–Kier alpha value is -0.380. The van der Waals surface area contributed by atoms with E-state index in [1.54, 1.807) is 0 Å². The number of hydrogen-bond acceptors (Lipinski definition) is 2. The van der Waals surface area contributed by atoms with E-state index in [-0.39, 0.29) is 5.38 Å². The average Bonchev–Trinajstić information content (AvgIpc) is 2.74. The molecule has 0 aliphatic heterocycles. The number of aromatic nitrogens is 2. The van der Waals surface area contributed by atoms with Crippen LogP contribution in [-0.2, 0) is 6.54 Å². The van der Waals surface area contributed by atoms with Gasteiger partial charge in [-0.05, 0) is 37.8 Å². The SMILES string of the molecule is CSC(C)CCn1c(C(C)Cl)nc2ccc(Cl)cc21. The largest absolute Gasteiger partial charge is 0.327 e. The number of nitrogens with zero attached hydrogens (tertiary/aromatic N) is 2. The number of rotatable bonds is 5. The molecule has 0 amide bonds. The van der Waals surface area contributed by atoms with Crippen LogP contribution in [0.5, 0.6) is 0 Å². The van der Waals surface area contributed by atoms with Crippen molar-refractivity contribution >= 4 is 46.0 Å². The second kappa shape index (κ2) is 6.38. The fourth-order valence-corrected chi connectivity index (χ4v) is 2.76. The first kappa shape index (κ1) is 15.0. The molecule has 1 aromatic heterocycles. The van der Waals surface area contributed by atoms with Crippen LogP contribution in [0.15, 0.2) is 18.2 Å². The molecule has 2 unspecified atom stereocenters. The predicted molar refractivity (Wildman–Crippen MR) is 86.6 cm³/mol. The van der Waals surface area contributed by atoms with Gasteiger partial charge in [0, 0.05) is 16.8 Å². The Morgan fingerprint density at radius 2 is 2.11 bits per heavy atom. The lowest BCUT2D eigenvalue weighted by atomic mass is 10.3. The molecule has 0 bridgehead atoms. The van der Waals surface area contributed by atoms with E-state index in [4.69, 9.17) is 23.2 Å². The quantitative estimate of drug-likeness (QED) is 0.711. The lowest BCUT2D eigenvalue weighted by Crippen LogP contribution is -2.08. The van der Waals surface area contributed by atoms with Gasteiger partial charge in [-0.3, -0.25) is 0 Å². The van der Waals surface area contributed by atoms with Gasteiger partial charge in [-0.1, -0.05) is 18.5 Å². The molecule has 0 saturated carbocycles. The second-order valence-corrected chi connectivity index (χ2v) is 7.07. The van der Waals surface area contributed by atoms with Gasteiger partial charge in [-0.2, -0.15) is 11.8 Å². The fraction of sp³-hybridized carbons (Fsp3) is 0.500. The van der Waals surface area contributed by atoms with Crippen molar-refractivity contribution in [1.82, 2.24) is 9.55 Å². The van der Waals surface area contributed by atoms with E-state index in [0.29, 0.717) is 5.25 Å². The summed E-state index contributed by atoms with van der Waals surface area (Å²) in [5.41, 5.74) is 2.03. The minimum atomic E-state index is -0.101. The van der Waals surface area contributed by atoms with Crippen molar-refractivity contribution in [2.75, 3.05) is 6.26 Å². The summed E-state index contributed by atoms with van der Waals surface area (Å²) >= 11 is 14.2. The van der Waals surface area contributed by atoms with Crippen molar-refractivity contribution < 1.29 is 0 Å². The highest BCUT2D eigenvalue weighted by Crippen LogP contribution is 2.27. The van der Waals surface area contributed by atoms with E-state index in [1.807, 2.05) is 36.9 Å². The molecule has 2 atom stereocenters. The van der Waals surface area contributed by atoms with E-state index >= 15 is 0 Å². The highest BCUT2D eigenvalue weighted by atomic mass is 35.5. The van der Waals surface area contributed by atoms with Gasteiger partial charge in [0.15, 0.2) is 0 Å². The van der Waals surface area contributed by atoms with Crippen molar-refractivity contribution in [2.45, 2.75) is 37.4 Å². The Kier molecular flexibility index (Phi) is 5.04. The van der Waals surface area contributed by atoms with E-state index in [0.717, 1.165) is 34.8 Å². The summed E-state index contributed by atoms with van der Waals surface area (Å²) < 4.78 is 2.20. The van der Waals surface area contributed by atoms with Gasteiger partial charge in [0.25, 0.3) is 0 Å². The lowest BCUT2D eigenvalue weighted by molar-refractivity contribution is 0.623. The molecule has 2 rings (SSSR count). The minimum absolute atomic E-state index is 0.101. The number of benzene rings is 1. The minimum Gasteiger partial charge on any atom is -0.327 e. The van der Waals surface area contributed by atoms with Crippen LogP contribution in [-0.4, -0.2) is 21.1 Å². The smallest absolute Gasteiger partial charge is 0.127 e. The van der Waals surface area contributed by atoms with Crippen molar-refractivity contribution in [3.63, 3.8) is 0 Å². The Balaban J connectivity index is 2.42. The summed E-state index contributed by atoms with van der Waals surface area (Å²) in [5, 5.41) is 1.26. The first-order chi connectivity index (χ1) is 9.02. The normalized spacial score (nSPS) is 14.8. The topological polar surface area (TPSA) is 17.8 Å². The van der Waals surface area contributed by atoms with Gasteiger partial charge in [0.05, 0.1) is 16.4 Å². The maximum Gasteiger partial charge on any atom is 0.127 e. The zero-order valence-corrected chi connectivity index (χ0v) is 13.7. The van der Waals surface area contributed by atoms with Gasteiger partial charge in [-0.15, -0.1) is 11.6 Å². The van der Waals surface area contributed by atoms with E-state index in [2.05, 4.69) is 22.7 Å². The molecule has 0 aliphatic rings. The Labute approximate surface area is 128 Å². The monoisotopic (exact) mass is 316 g/mol. The Morgan fingerprint density at radius 1 is 1.37 bits per heavy atom. The van der Waals surface area contributed by atoms with Crippen LogP contribution >= 0.6 is 35.0 Å². The van der Waals surface area contributed by atoms with E-state index < -0.39 is 0 Å². The Bertz CT molecular complexity index is 566. The van der Waals surface area contributed by atoms with Gasteiger partial charge < -0.3 is 4.57 Å². The van der Waals surface area contributed by atoms with E-state index in [9.17, 15) is 0 Å². The summed E-state index contributed by atoms with van der Waals surface area (Å²) in [6.45, 7) is 5.12. The van der Waals surface area contributed by atoms with Crippen LogP contribution in [0.25, 0.3) is 11.0 Å². The number of halogens is 2. The predicted octanol–water partition coefficient (Wildman–Crippen LogP) is 5.13. The van der Waals surface area contributed by atoms with Crippen LogP contribution in [0.2, 0.25) is 5.02 Å². The average molecular weight is 317 g/mol. The summed E-state index contributed by atoms with van der Waals surface area (Å²) in [7, 11) is 0. The molecule has 2 aromatic rings. The van der Waals surface area contributed by atoms with Crippen LogP contribution < -0.4 is 0 Å². The molecule has 0 fully saturated rings. The molecule has 2 nitrogen and oxygen atoms in total. The molecular weight excluding hydrogens is 299 g/mol. The second-order valence-electron chi connectivity index (χ2n) is 4.71. The van der Waals surface area contributed by atoms with Crippen LogP contribution in [0.4, 0.5) is 0 Å². The maximum absolute atomic E-state index is 6.25. The number of alkyl halides is 1. The highest BCUT2D eigenvalue weighted by Gasteiger charge is 2.15. The van der Waals surface area contributed by atoms with Gasteiger partial charge >= 0.3 is 0 Å². The number of thioether (sulfide) groups is 1. The molecule has 104 valence electrons. The summed E-state index contributed by atoms with van der Waals surface area (Å²) in [4.78, 5) is 4.62. The van der Waals surface area contributed by atoms with Crippen molar-refractivity contribution in [3.8, 4) is 0 Å². The maximum atomic E-state index is 6.25. The van der Waals surface area contributed by atoms with Crippen molar-refractivity contribution in [1.29, 1.82) is 0 Å². The zero-order valence-electron chi connectivity index (χ0n) is 11.4. The molecular formula is C14H18Cl2N2S.